The summed E-state index contributed by atoms with van der Waals surface area (Å²) in [7, 11) is 0. The molecule has 3 heteroatoms. The van der Waals surface area contributed by atoms with E-state index in [4.69, 9.17) is 4.74 Å². The molecule has 0 aliphatic carbocycles. The van der Waals surface area contributed by atoms with Crippen molar-refractivity contribution in [2.45, 2.75) is 6.92 Å². The van der Waals surface area contributed by atoms with Crippen LogP contribution in [0.5, 0.6) is 0 Å². The van der Waals surface area contributed by atoms with Crippen LogP contribution in [0.25, 0.3) is 16.7 Å². The molecule has 0 bridgehead atoms. The van der Waals surface area contributed by atoms with Crippen LogP contribution >= 0.6 is 0 Å². The van der Waals surface area contributed by atoms with Crippen LogP contribution < -0.4 is 0 Å². The normalized spacial score (nSPS) is 9.71. The fraction of sp³-hybridized carbons (Fsp3) is 0.111. The van der Waals surface area contributed by atoms with Gasteiger partial charge >= 0.3 is 5.97 Å². The summed E-state index contributed by atoms with van der Waals surface area (Å²) in [6.45, 7) is 5.77. The Morgan fingerprint density at radius 2 is 1.90 bits per heavy atom. The van der Waals surface area contributed by atoms with Gasteiger partial charge < -0.3 is 4.74 Å². The lowest BCUT2D eigenvalue weighted by Gasteiger charge is -2.11. The second-order valence-electron chi connectivity index (χ2n) is 4.40. The summed E-state index contributed by atoms with van der Waals surface area (Å²) in [5, 5.41) is 9.48. The molecule has 0 radical (unpaired) electrons. The standard InChI is InChI=1S/C18H15NO2/c1-3-21-18(20)13(2)15-10-7-11-16(17(15)12-19)14-8-5-4-6-9-14/h4-11H,2-3H2,1H3. The summed E-state index contributed by atoms with van der Waals surface area (Å²) in [6.07, 6.45) is 0. The molecule has 0 saturated heterocycles. The smallest absolute Gasteiger partial charge is 0.338 e. The van der Waals surface area contributed by atoms with Crippen molar-refractivity contribution in [3.8, 4) is 17.2 Å². The lowest BCUT2D eigenvalue weighted by molar-refractivity contribution is -0.136. The summed E-state index contributed by atoms with van der Waals surface area (Å²) in [4.78, 5) is 11.8. The molecule has 0 saturated carbocycles. The molecule has 0 atom stereocenters. The number of carbonyl (C=O) groups excluding carboxylic acids is 1. The van der Waals surface area contributed by atoms with Crippen molar-refractivity contribution in [1.82, 2.24) is 0 Å². The Kier molecular flexibility index (Phi) is 4.53. The molecule has 3 nitrogen and oxygen atoms in total. The number of rotatable bonds is 4. The zero-order valence-corrected chi connectivity index (χ0v) is 11.8. The summed E-state index contributed by atoms with van der Waals surface area (Å²) in [5.74, 6) is -0.501. The van der Waals surface area contributed by atoms with E-state index in [0.717, 1.165) is 11.1 Å². The first kappa shape index (κ1) is 14.5. The molecule has 0 aliphatic heterocycles. The van der Waals surface area contributed by atoms with Gasteiger partial charge in [-0.1, -0.05) is 55.1 Å². The Bertz CT molecular complexity index is 712. The predicted molar refractivity (Wildman–Crippen MR) is 82.3 cm³/mol. The third-order valence-corrected chi connectivity index (χ3v) is 3.11. The van der Waals surface area contributed by atoms with E-state index in [1.54, 1.807) is 13.0 Å². The van der Waals surface area contributed by atoms with Gasteiger partial charge in [0.05, 0.1) is 17.7 Å². The monoisotopic (exact) mass is 277 g/mol. The van der Waals surface area contributed by atoms with Crippen LogP contribution in [0.1, 0.15) is 18.1 Å². The van der Waals surface area contributed by atoms with Crippen LogP contribution in [-0.2, 0) is 9.53 Å². The van der Waals surface area contributed by atoms with E-state index in [9.17, 15) is 10.1 Å². The molecular formula is C18H15NO2. The molecule has 2 rings (SSSR count). The zero-order valence-electron chi connectivity index (χ0n) is 11.8. The van der Waals surface area contributed by atoms with E-state index < -0.39 is 5.97 Å². The number of hydrogen-bond donors (Lipinski definition) is 0. The number of nitriles is 1. The highest BCUT2D eigenvalue weighted by atomic mass is 16.5. The quantitative estimate of drug-likeness (QED) is 0.631. The number of benzene rings is 2. The molecule has 21 heavy (non-hydrogen) atoms. The van der Waals surface area contributed by atoms with Gasteiger partial charge in [0.1, 0.15) is 6.07 Å². The number of ether oxygens (including phenoxy) is 1. The van der Waals surface area contributed by atoms with Gasteiger partial charge in [0.25, 0.3) is 0 Å². The van der Waals surface area contributed by atoms with Gasteiger partial charge in [-0.15, -0.1) is 0 Å². The highest BCUT2D eigenvalue weighted by Gasteiger charge is 2.17. The van der Waals surface area contributed by atoms with Gasteiger partial charge in [0.2, 0.25) is 0 Å². The summed E-state index contributed by atoms with van der Waals surface area (Å²) in [5.41, 5.74) is 2.85. The average molecular weight is 277 g/mol. The first-order chi connectivity index (χ1) is 10.2. The van der Waals surface area contributed by atoms with Gasteiger partial charge in [-0.2, -0.15) is 5.26 Å². The molecule has 0 aliphatic rings. The van der Waals surface area contributed by atoms with E-state index in [0.29, 0.717) is 11.1 Å². The largest absolute Gasteiger partial charge is 0.462 e. The molecule has 0 aromatic heterocycles. The maximum Gasteiger partial charge on any atom is 0.338 e. The van der Waals surface area contributed by atoms with Gasteiger partial charge in [-0.05, 0) is 12.5 Å². The van der Waals surface area contributed by atoms with Crippen molar-refractivity contribution >= 4 is 11.5 Å². The van der Waals surface area contributed by atoms with Crippen molar-refractivity contribution in [2.24, 2.45) is 0 Å². The van der Waals surface area contributed by atoms with Gasteiger partial charge in [0, 0.05) is 11.1 Å². The topological polar surface area (TPSA) is 50.1 Å². The van der Waals surface area contributed by atoms with Crippen LogP contribution in [0.3, 0.4) is 0 Å². The highest BCUT2D eigenvalue weighted by molar-refractivity contribution is 6.16. The summed E-state index contributed by atoms with van der Waals surface area (Å²) >= 11 is 0. The molecule has 0 N–H and O–H groups in total. The lowest BCUT2D eigenvalue weighted by atomic mass is 9.93. The van der Waals surface area contributed by atoms with Gasteiger partial charge in [0.15, 0.2) is 0 Å². The fourth-order valence-electron chi connectivity index (χ4n) is 2.11. The Morgan fingerprint density at radius 3 is 2.52 bits per heavy atom. The minimum atomic E-state index is -0.501. The maximum absolute atomic E-state index is 11.8. The van der Waals surface area contributed by atoms with Crippen molar-refractivity contribution in [3.05, 3.63) is 66.2 Å². The van der Waals surface area contributed by atoms with Crippen molar-refractivity contribution in [2.75, 3.05) is 6.61 Å². The maximum atomic E-state index is 11.8. The molecular weight excluding hydrogens is 262 g/mol. The summed E-state index contributed by atoms with van der Waals surface area (Å²) in [6, 6.07) is 17.1. The number of hydrogen-bond acceptors (Lipinski definition) is 3. The predicted octanol–water partition coefficient (Wildman–Crippen LogP) is 3.80. The van der Waals surface area contributed by atoms with Crippen LogP contribution in [0, 0.1) is 11.3 Å². The van der Waals surface area contributed by atoms with Gasteiger partial charge in [-0.3, -0.25) is 0 Å². The third-order valence-electron chi connectivity index (χ3n) is 3.11. The second kappa shape index (κ2) is 6.53. The minimum Gasteiger partial charge on any atom is -0.462 e. The first-order valence-corrected chi connectivity index (χ1v) is 6.64. The van der Waals surface area contributed by atoms with E-state index in [2.05, 4.69) is 12.6 Å². The first-order valence-electron chi connectivity index (χ1n) is 6.64. The average Bonchev–Trinajstić information content (AvgIpc) is 2.54. The molecule has 0 fully saturated rings. The molecule has 2 aromatic carbocycles. The molecule has 0 amide bonds. The Labute approximate surface area is 124 Å². The van der Waals surface area contributed by atoms with Crippen LogP contribution in [-0.4, -0.2) is 12.6 Å². The summed E-state index contributed by atoms with van der Waals surface area (Å²) < 4.78 is 4.96. The number of esters is 1. The molecule has 0 spiro atoms. The highest BCUT2D eigenvalue weighted by Crippen LogP contribution is 2.29. The Morgan fingerprint density at radius 1 is 1.19 bits per heavy atom. The molecule has 104 valence electrons. The number of nitrogens with zero attached hydrogens (tertiary/aromatic N) is 1. The fourth-order valence-corrected chi connectivity index (χ4v) is 2.11. The SMILES string of the molecule is C=C(C(=O)OCC)c1cccc(-c2ccccc2)c1C#N. The van der Waals surface area contributed by atoms with Crippen LogP contribution in [0.2, 0.25) is 0 Å². The zero-order chi connectivity index (χ0) is 15.2. The number of carbonyl (C=O) groups is 1. The minimum absolute atomic E-state index is 0.200. The van der Waals surface area contributed by atoms with E-state index >= 15 is 0 Å². The van der Waals surface area contributed by atoms with Crippen LogP contribution in [0.4, 0.5) is 0 Å². The van der Waals surface area contributed by atoms with E-state index in [1.807, 2.05) is 42.5 Å². The molecule has 0 unspecified atom stereocenters. The van der Waals surface area contributed by atoms with Crippen LogP contribution in [0.15, 0.2) is 55.1 Å². The van der Waals surface area contributed by atoms with E-state index in [1.165, 1.54) is 0 Å². The molecule has 0 heterocycles. The van der Waals surface area contributed by atoms with Crippen molar-refractivity contribution in [1.29, 1.82) is 5.26 Å². The second-order valence-corrected chi connectivity index (χ2v) is 4.40. The lowest BCUT2D eigenvalue weighted by Crippen LogP contribution is -2.07. The Balaban J connectivity index is 2.53. The van der Waals surface area contributed by atoms with Gasteiger partial charge in [-0.25, -0.2) is 4.79 Å². The third kappa shape index (κ3) is 3.01. The Hall–Kier alpha value is -2.86. The molecule has 2 aromatic rings. The van der Waals surface area contributed by atoms with Crippen molar-refractivity contribution in [3.63, 3.8) is 0 Å². The van der Waals surface area contributed by atoms with E-state index in [-0.39, 0.29) is 12.2 Å². The van der Waals surface area contributed by atoms with Crippen molar-refractivity contribution < 1.29 is 9.53 Å².